The van der Waals surface area contributed by atoms with Crippen LogP contribution in [0.4, 0.5) is 18.9 Å². The van der Waals surface area contributed by atoms with Crippen molar-refractivity contribution in [3.63, 3.8) is 0 Å². The van der Waals surface area contributed by atoms with E-state index in [-0.39, 0.29) is 21.7 Å². The van der Waals surface area contributed by atoms with E-state index in [0.29, 0.717) is 5.56 Å². The molecule has 0 radical (unpaired) electrons. The normalized spacial score (nSPS) is 11.3. The van der Waals surface area contributed by atoms with Gasteiger partial charge in [0.2, 0.25) is 0 Å². The molecule has 0 saturated carbocycles. The highest BCUT2D eigenvalue weighted by Crippen LogP contribution is 2.33. The van der Waals surface area contributed by atoms with Gasteiger partial charge in [-0.25, -0.2) is 5.48 Å². The van der Waals surface area contributed by atoms with Crippen LogP contribution in [0.2, 0.25) is 0 Å². The molecule has 7 nitrogen and oxygen atoms in total. The number of anilines is 1. The number of hydrogen-bond donors (Lipinski definition) is 3. The van der Waals surface area contributed by atoms with Crippen molar-refractivity contribution >= 4 is 39.5 Å². The van der Waals surface area contributed by atoms with Crippen molar-refractivity contribution < 1.29 is 37.4 Å². The predicted molar refractivity (Wildman–Crippen MR) is 105 cm³/mol. The number of ether oxygens (including phenoxy) is 2. The van der Waals surface area contributed by atoms with E-state index < -0.39 is 30.2 Å². The summed E-state index contributed by atoms with van der Waals surface area (Å²) in [5.74, 6) is -0.920. The summed E-state index contributed by atoms with van der Waals surface area (Å²) in [4.78, 5) is 23.1. The Morgan fingerprint density at radius 1 is 1.17 bits per heavy atom. The van der Waals surface area contributed by atoms with Gasteiger partial charge in [-0.1, -0.05) is 22.0 Å². The monoisotopic (exact) mass is 488 g/mol. The molecule has 2 rings (SSSR count). The standard InChI is InChI=1S/C19H16BrF3N2O5/c1-29-16-6-11(3-5-17(26)25-28)2-4-15(16)30-10-18(27)24-14-8-12(19(21,22)23)7-13(20)9-14/h2-9,28H,10H2,1H3,(H,24,27)(H,25,26)/b5-3+. The van der Waals surface area contributed by atoms with Gasteiger partial charge < -0.3 is 14.8 Å². The number of hydroxylamine groups is 1. The molecule has 0 unspecified atom stereocenters. The first-order valence-electron chi connectivity index (χ1n) is 8.23. The lowest BCUT2D eigenvalue weighted by molar-refractivity contribution is -0.137. The maximum Gasteiger partial charge on any atom is 0.416 e. The molecular weight excluding hydrogens is 473 g/mol. The minimum atomic E-state index is -4.55. The van der Waals surface area contributed by atoms with E-state index in [2.05, 4.69) is 21.2 Å². The quantitative estimate of drug-likeness (QED) is 0.310. The fourth-order valence-corrected chi connectivity index (χ4v) is 2.78. The molecule has 0 bridgehead atoms. The zero-order chi connectivity index (χ0) is 22.3. The van der Waals surface area contributed by atoms with Gasteiger partial charge in [0.1, 0.15) is 0 Å². The molecule has 0 fully saturated rings. The number of benzene rings is 2. The Balaban J connectivity index is 2.05. The zero-order valence-electron chi connectivity index (χ0n) is 15.4. The number of rotatable bonds is 7. The van der Waals surface area contributed by atoms with Gasteiger partial charge in [0.15, 0.2) is 18.1 Å². The number of carbonyl (C=O) groups is 2. The molecule has 0 aliphatic rings. The number of methoxy groups -OCH3 is 1. The fourth-order valence-electron chi connectivity index (χ4n) is 2.28. The molecule has 0 aliphatic carbocycles. The predicted octanol–water partition coefficient (Wildman–Crippen LogP) is 4.01. The van der Waals surface area contributed by atoms with Crippen molar-refractivity contribution in [1.82, 2.24) is 5.48 Å². The SMILES string of the molecule is COc1cc(/C=C/C(=O)NO)ccc1OCC(=O)Nc1cc(Br)cc(C(F)(F)F)c1. The summed E-state index contributed by atoms with van der Waals surface area (Å²) in [5, 5.41) is 10.8. The van der Waals surface area contributed by atoms with Crippen molar-refractivity contribution in [2.24, 2.45) is 0 Å². The van der Waals surface area contributed by atoms with Gasteiger partial charge in [0, 0.05) is 16.2 Å². The van der Waals surface area contributed by atoms with Crippen LogP contribution in [0, 0.1) is 0 Å². The molecule has 0 aliphatic heterocycles. The van der Waals surface area contributed by atoms with Crippen LogP contribution in [0.25, 0.3) is 6.08 Å². The molecule has 2 aromatic carbocycles. The summed E-state index contributed by atoms with van der Waals surface area (Å²) >= 11 is 2.98. The van der Waals surface area contributed by atoms with Gasteiger partial charge in [0.25, 0.3) is 11.8 Å². The lowest BCUT2D eigenvalue weighted by Crippen LogP contribution is -2.20. The highest BCUT2D eigenvalue weighted by Gasteiger charge is 2.31. The minimum Gasteiger partial charge on any atom is -0.493 e. The maximum atomic E-state index is 12.9. The highest BCUT2D eigenvalue weighted by atomic mass is 79.9. The van der Waals surface area contributed by atoms with Crippen LogP contribution in [0.3, 0.4) is 0 Å². The summed E-state index contributed by atoms with van der Waals surface area (Å²) in [7, 11) is 1.37. The van der Waals surface area contributed by atoms with E-state index in [1.165, 1.54) is 36.9 Å². The van der Waals surface area contributed by atoms with E-state index >= 15 is 0 Å². The van der Waals surface area contributed by atoms with E-state index in [9.17, 15) is 22.8 Å². The van der Waals surface area contributed by atoms with E-state index in [1.54, 1.807) is 6.07 Å². The third-order valence-corrected chi connectivity index (χ3v) is 4.05. The van der Waals surface area contributed by atoms with Gasteiger partial charge >= 0.3 is 6.18 Å². The molecule has 11 heteroatoms. The summed E-state index contributed by atoms with van der Waals surface area (Å²) in [5.41, 5.74) is 1.06. The first kappa shape index (κ1) is 23.2. The molecular formula is C19H16BrF3N2O5. The lowest BCUT2D eigenvalue weighted by Gasteiger charge is -2.13. The zero-order valence-corrected chi connectivity index (χ0v) is 17.0. The summed E-state index contributed by atoms with van der Waals surface area (Å²) in [6.07, 6.45) is -2.05. The van der Waals surface area contributed by atoms with Crippen molar-refractivity contribution in [3.05, 3.63) is 58.1 Å². The maximum absolute atomic E-state index is 12.9. The number of alkyl halides is 3. The van der Waals surface area contributed by atoms with Crippen molar-refractivity contribution in [2.75, 3.05) is 19.0 Å². The Morgan fingerprint density at radius 2 is 1.90 bits per heavy atom. The van der Waals surface area contributed by atoms with Crippen LogP contribution in [0.1, 0.15) is 11.1 Å². The van der Waals surface area contributed by atoms with Gasteiger partial charge in [-0.2, -0.15) is 13.2 Å². The number of halogens is 4. The molecule has 3 N–H and O–H groups in total. The highest BCUT2D eigenvalue weighted by molar-refractivity contribution is 9.10. The lowest BCUT2D eigenvalue weighted by atomic mass is 10.2. The summed E-state index contributed by atoms with van der Waals surface area (Å²) in [6, 6.07) is 7.63. The smallest absolute Gasteiger partial charge is 0.416 e. The second-order valence-electron chi connectivity index (χ2n) is 5.78. The van der Waals surface area contributed by atoms with Gasteiger partial charge in [-0.05, 0) is 42.0 Å². The number of carbonyl (C=O) groups excluding carboxylic acids is 2. The Hall–Kier alpha value is -3.05. The van der Waals surface area contributed by atoms with Crippen LogP contribution in [-0.4, -0.2) is 30.7 Å². The molecule has 2 amide bonds. The van der Waals surface area contributed by atoms with Crippen LogP contribution < -0.4 is 20.3 Å². The Morgan fingerprint density at radius 3 is 2.53 bits per heavy atom. The molecule has 0 saturated heterocycles. The largest absolute Gasteiger partial charge is 0.493 e. The first-order valence-corrected chi connectivity index (χ1v) is 9.02. The molecule has 2 aromatic rings. The summed E-state index contributed by atoms with van der Waals surface area (Å²) in [6.45, 7) is -0.480. The fraction of sp³-hybridized carbons (Fsp3) is 0.158. The molecule has 0 spiro atoms. The third kappa shape index (κ3) is 6.78. The van der Waals surface area contributed by atoms with Crippen molar-refractivity contribution in [2.45, 2.75) is 6.18 Å². The van der Waals surface area contributed by atoms with Crippen molar-refractivity contribution in [3.8, 4) is 11.5 Å². The second-order valence-corrected chi connectivity index (χ2v) is 6.70. The van der Waals surface area contributed by atoms with Crippen LogP contribution >= 0.6 is 15.9 Å². The van der Waals surface area contributed by atoms with Gasteiger partial charge in [-0.3, -0.25) is 14.8 Å². The third-order valence-electron chi connectivity index (χ3n) is 3.59. The van der Waals surface area contributed by atoms with Gasteiger partial charge in [0.05, 0.1) is 12.7 Å². The topological polar surface area (TPSA) is 96.9 Å². The van der Waals surface area contributed by atoms with E-state index in [4.69, 9.17) is 14.7 Å². The first-order chi connectivity index (χ1) is 14.1. The van der Waals surface area contributed by atoms with E-state index in [0.717, 1.165) is 18.2 Å². The number of nitrogens with one attached hydrogen (secondary N) is 2. The van der Waals surface area contributed by atoms with E-state index in [1.807, 2.05) is 0 Å². The molecule has 0 aromatic heterocycles. The van der Waals surface area contributed by atoms with Crippen molar-refractivity contribution in [1.29, 1.82) is 0 Å². The average molecular weight is 489 g/mol. The molecule has 0 atom stereocenters. The Kier molecular flexibility index (Phi) is 7.84. The van der Waals surface area contributed by atoms with Crippen LogP contribution in [0.15, 0.2) is 46.9 Å². The summed E-state index contributed by atoms with van der Waals surface area (Å²) < 4.78 is 49.3. The number of hydrogen-bond acceptors (Lipinski definition) is 5. The Labute approximate surface area is 177 Å². The van der Waals surface area contributed by atoms with Crippen LogP contribution in [0.5, 0.6) is 11.5 Å². The molecule has 30 heavy (non-hydrogen) atoms. The molecule has 0 heterocycles. The average Bonchev–Trinajstić information content (AvgIpc) is 2.69. The van der Waals surface area contributed by atoms with Gasteiger partial charge in [-0.15, -0.1) is 0 Å². The Bertz CT molecular complexity index is 964. The number of amides is 2. The second kappa shape index (κ2) is 10.1. The minimum absolute atomic E-state index is 0.0417. The molecule has 160 valence electrons. The van der Waals surface area contributed by atoms with Crippen LogP contribution in [-0.2, 0) is 15.8 Å².